The van der Waals surface area contributed by atoms with E-state index in [4.69, 9.17) is 16.3 Å². The number of rotatable bonds is 6. The number of benzene rings is 1. The molecular formula is C16H20ClFN2O2. The molecule has 22 heavy (non-hydrogen) atoms. The molecule has 120 valence electrons. The SMILES string of the molecule is C=CCNC(=O)[C@H](C)N[C@@H]1CCO[C@H]1c1ccc(Cl)c(F)c1. The summed E-state index contributed by atoms with van der Waals surface area (Å²) in [5.74, 6) is -0.571. The summed E-state index contributed by atoms with van der Waals surface area (Å²) >= 11 is 5.71. The van der Waals surface area contributed by atoms with Crippen LogP contribution in [-0.4, -0.2) is 31.1 Å². The van der Waals surface area contributed by atoms with E-state index in [1.165, 1.54) is 12.1 Å². The Balaban J connectivity index is 2.02. The molecule has 1 aromatic rings. The molecule has 1 aliphatic rings. The van der Waals surface area contributed by atoms with E-state index in [0.29, 0.717) is 13.2 Å². The largest absolute Gasteiger partial charge is 0.372 e. The number of amides is 1. The average Bonchev–Trinajstić information content (AvgIpc) is 2.95. The molecule has 0 aromatic heterocycles. The third-order valence-corrected chi connectivity index (χ3v) is 3.95. The lowest BCUT2D eigenvalue weighted by Crippen LogP contribution is -2.47. The fourth-order valence-corrected chi connectivity index (χ4v) is 2.62. The van der Waals surface area contributed by atoms with E-state index in [1.54, 1.807) is 19.1 Å². The second-order valence-corrected chi connectivity index (χ2v) is 5.69. The minimum absolute atomic E-state index is 0.0509. The van der Waals surface area contributed by atoms with Crippen molar-refractivity contribution in [2.24, 2.45) is 0 Å². The van der Waals surface area contributed by atoms with Crippen LogP contribution in [0.1, 0.15) is 25.0 Å². The first-order chi connectivity index (χ1) is 10.5. The highest BCUT2D eigenvalue weighted by molar-refractivity contribution is 6.30. The van der Waals surface area contributed by atoms with E-state index in [9.17, 15) is 9.18 Å². The van der Waals surface area contributed by atoms with Crippen molar-refractivity contribution in [3.8, 4) is 0 Å². The number of ether oxygens (including phenoxy) is 1. The first-order valence-corrected chi connectivity index (χ1v) is 7.62. The van der Waals surface area contributed by atoms with Gasteiger partial charge in [0.1, 0.15) is 5.82 Å². The Kier molecular flexibility index (Phi) is 5.94. The third-order valence-electron chi connectivity index (χ3n) is 3.64. The predicted molar refractivity (Wildman–Crippen MR) is 84.3 cm³/mol. The molecule has 4 nitrogen and oxygen atoms in total. The molecule has 0 saturated carbocycles. The van der Waals surface area contributed by atoms with Gasteiger partial charge in [-0.2, -0.15) is 0 Å². The van der Waals surface area contributed by atoms with E-state index in [-0.39, 0.29) is 29.1 Å². The zero-order valence-corrected chi connectivity index (χ0v) is 13.2. The van der Waals surface area contributed by atoms with Crippen molar-refractivity contribution in [3.05, 3.63) is 47.3 Å². The van der Waals surface area contributed by atoms with E-state index in [0.717, 1.165) is 12.0 Å². The Labute approximate surface area is 134 Å². The summed E-state index contributed by atoms with van der Waals surface area (Å²) in [5.41, 5.74) is 0.718. The van der Waals surface area contributed by atoms with Crippen molar-refractivity contribution < 1.29 is 13.9 Å². The third kappa shape index (κ3) is 4.06. The van der Waals surface area contributed by atoms with Gasteiger partial charge in [0.15, 0.2) is 0 Å². The Bertz CT molecular complexity index is 553. The van der Waals surface area contributed by atoms with Gasteiger partial charge in [-0.15, -0.1) is 6.58 Å². The normalized spacial score (nSPS) is 22.3. The van der Waals surface area contributed by atoms with E-state index < -0.39 is 5.82 Å². The smallest absolute Gasteiger partial charge is 0.237 e. The van der Waals surface area contributed by atoms with Gasteiger partial charge in [0.05, 0.1) is 17.2 Å². The molecule has 1 heterocycles. The summed E-state index contributed by atoms with van der Waals surface area (Å²) in [6, 6.07) is 4.23. The van der Waals surface area contributed by atoms with E-state index >= 15 is 0 Å². The second kappa shape index (κ2) is 7.72. The summed E-state index contributed by atoms with van der Waals surface area (Å²) in [7, 11) is 0. The first kappa shape index (κ1) is 16.9. The second-order valence-electron chi connectivity index (χ2n) is 5.28. The van der Waals surface area contributed by atoms with Gasteiger partial charge in [-0.25, -0.2) is 4.39 Å². The van der Waals surface area contributed by atoms with Gasteiger partial charge in [-0.1, -0.05) is 23.7 Å². The van der Waals surface area contributed by atoms with Crippen molar-refractivity contribution in [2.75, 3.05) is 13.2 Å². The molecule has 1 fully saturated rings. The Morgan fingerprint density at radius 2 is 2.41 bits per heavy atom. The molecule has 1 aliphatic heterocycles. The average molecular weight is 327 g/mol. The Hall–Kier alpha value is -1.43. The van der Waals surface area contributed by atoms with Crippen molar-refractivity contribution in [1.29, 1.82) is 0 Å². The number of hydrogen-bond donors (Lipinski definition) is 2. The van der Waals surface area contributed by atoms with Crippen LogP contribution < -0.4 is 10.6 Å². The zero-order chi connectivity index (χ0) is 16.1. The Morgan fingerprint density at radius 1 is 1.64 bits per heavy atom. The van der Waals surface area contributed by atoms with Crippen LogP contribution in [0.25, 0.3) is 0 Å². The summed E-state index contributed by atoms with van der Waals surface area (Å²) in [4.78, 5) is 11.9. The van der Waals surface area contributed by atoms with E-state index in [2.05, 4.69) is 17.2 Å². The molecule has 1 saturated heterocycles. The van der Waals surface area contributed by atoms with Crippen molar-refractivity contribution in [1.82, 2.24) is 10.6 Å². The maximum absolute atomic E-state index is 13.6. The lowest BCUT2D eigenvalue weighted by molar-refractivity contribution is -0.122. The molecule has 1 aromatic carbocycles. The van der Waals surface area contributed by atoms with Gasteiger partial charge in [-0.3, -0.25) is 4.79 Å². The molecule has 0 spiro atoms. The highest BCUT2D eigenvalue weighted by Crippen LogP contribution is 2.31. The highest BCUT2D eigenvalue weighted by Gasteiger charge is 2.32. The minimum atomic E-state index is -0.467. The molecule has 0 bridgehead atoms. The van der Waals surface area contributed by atoms with E-state index in [1.807, 2.05) is 0 Å². The van der Waals surface area contributed by atoms with Crippen LogP contribution in [0.3, 0.4) is 0 Å². The van der Waals surface area contributed by atoms with Crippen molar-refractivity contribution >= 4 is 17.5 Å². The lowest BCUT2D eigenvalue weighted by Gasteiger charge is -2.24. The molecule has 0 aliphatic carbocycles. The van der Waals surface area contributed by atoms with Crippen molar-refractivity contribution in [3.63, 3.8) is 0 Å². The summed E-state index contributed by atoms with van der Waals surface area (Å²) in [6.07, 6.45) is 2.10. The molecule has 3 atom stereocenters. The van der Waals surface area contributed by atoms with Gasteiger partial charge in [0.25, 0.3) is 0 Å². The van der Waals surface area contributed by atoms with Crippen LogP contribution in [-0.2, 0) is 9.53 Å². The standard InChI is InChI=1S/C16H20ClFN2O2/c1-3-7-19-16(21)10(2)20-14-6-8-22-15(14)11-4-5-12(17)13(18)9-11/h3-5,9-10,14-15,20H,1,6-8H2,2H3,(H,19,21)/t10-,14+,15-/m0/s1. The summed E-state index contributed by atoms with van der Waals surface area (Å²) in [5, 5.41) is 6.07. The molecule has 6 heteroatoms. The molecule has 1 amide bonds. The van der Waals surface area contributed by atoms with Crippen LogP contribution in [0, 0.1) is 5.82 Å². The van der Waals surface area contributed by atoms with Crippen molar-refractivity contribution in [2.45, 2.75) is 31.5 Å². The molecule has 0 unspecified atom stereocenters. The predicted octanol–water partition coefficient (Wildman–Crippen LogP) is 2.59. The van der Waals surface area contributed by atoms with Crippen LogP contribution >= 0.6 is 11.6 Å². The fraction of sp³-hybridized carbons (Fsp3) is 0.438. The van der Waals surface area contributed by atoms with Crippen LogP contribution in [0.15, 0.2) is 30.9 Å². The number of hydrogen-bond acceptors (Lipinski definition) is 3. The topological polar surface area (TPSA) is 50.4 Å². The first-order valence-electron chi connectivity index (χ1n) is 7.24. The number of halogens is 2. The molecular weight excluding hydrogens is 307 g/mol. The zero-order valence-electron chi connectivity index (χ0n) is 12.4. The summed E-state index contributed by atoms with van der Waals surface area (Å²) in [6.45, 7) is 6.34. The van der Waals surface area contributed by atoms with Crippen LogP contribution in [0.5, 0.6) is 0 Å². The van der Waals surface area contributed by atoms with Crippen LogP contribution in [0.2, 0.25) is 5.02 Å². The number of carbonyl (C=O) groups excluding carboxylic acids is 1. The van der Waals surface area contributed by atoms with Crippen LogP contribution in [0.4, 0.5) is 4.39 Å². The quantitative estimate of drug-likeness (QED) is 0.790. The Morgan fingerprint density at radius 3 is 3.09 bits per heavy atom. The van der Waals surface area contributed by atoms with Gasteiger partial charge in [0, 0.05) is 19.2 Å². The molecule has 2 N–H and O–H groups in total. The van der Waals surface area contributed by atoms with Gasteiger partial charge >= 0.3 is 0 Å². The maximum Gasteiger partial charge on any atom is 0.237 e. The highest BCUT2D eigenvalue weighted by atomic mass is 35.5. The van der Waals surface area contributed by atoms with Gasteiger partial charge < -0.3 is 15.4 Å². The van der Waals surface area contributed by atoms with Gasteiger partial charge in [-0.05, 0) is 31.0 Å². The number of carbonyl (C=O) groups is 1. The van der Waals surface area contributed by atoms with Gasteiger partial charge in [0.2, 0.25) is 5.91 Å². The number of nitrogens with one attached hydrogen (secondary N) is 2. The molecule has 2 rings (SSSR count). The minimum Gasteiger partial charge on any atom is -0.372 e. The molecule has 0 radical (unpaired) electrons. The monoisotopic (exact) mass is 326 g/mol. The lowest BCUT2D eigenvalue weighted by atomic mass is 10.0. The summed E-state index contributed by atoms with van der Waals surface area (Å²) < 4.78 is 19.3. The maximum atomic E-state index is 13.6. The fourth-order valence-electron chi connectivity index (χ4n) is 2.50.